The first kappa shape index (κ1) is 19.8. The maximum absolute atomic E-state index is 10.9. The van der Waals surface area contributed by atoms with Gasteiger partial charge >= 0.3 is 0 Å². The Morgan fingerprint density at radius 2 is 1.42 bits per heavy atom. The highest BCUT2D eigenvalue weighted by Gasteiger charge is 2.16. The zero-order chi connectivity index (χ0) is 21.2. The van der Waals surface area contributed by atoms with E-state index in [1.807, 2.05) is 37.3 Å². The smallest absolute Gasteiger partial charge is 0.191 e. The van der Waals surface area contributed by atoms with Gasteiger partial charge < -0.3 is 14.2 Å². The van der Waals surface area contributed by atoms with Crippen molar-refractivity contribution in [3.05, 3.63) is 90.3 Å². The zero-order valence-electron chi connectivity index (χ0n) is 17.3. The van der Waals surface area contributed by atoms with E-state index >= 15 is 0 Å². The molecule has 0 aliphatic heterocycles. The summed E-state index contributed by atoms with van der Waals surface area (Å²) in [5.41, 5.74) is 3.50. The number of aryl methyl sites for hydroxylation is 1. The highest BCUT2D eigenvalue weighted by molar-refractivity contribution is 7.99. The Labute approximate surface area is 185 Å². The van der Waals surface area contributed by atoms with E-state index in [1.54, 1.807) is 11.8 Å². The number of aromatic nitrogens is 4. The summed E-state index contributed by atoms with van der Waals surface area (Å²) in [6, 6.07) is 27.0. The van der Waals surface area contributed by atoms with Crippen molar-refractivity contribution < 1.29 is 5.11 Å². The van der Waals surface area contributed by atoms with Crippen LogP contribution >= 0.6 is 11.8 Å². The summed E-state index contributed by atoms with van der Waals surface area (Å²) in [6.07, 6.45) is -0.508. The normalized spacial score (nSPS) is 12.6. The molecule has 2 heterocycles. The number of thioether (sulfide) groups is 1. The average Bonchev–Trinajstić information content (AvgIpc) is 3.31. The van der Waals surface area contributed by atoms with E-state index in [4.69, 9.17) is 0 Å². The van der Waals surface area contributed by atoms with Crippen molar-refractivity contribution in [2.75, 3.05) is 5.75 Å². The second-order valence-electron chi connectivity index (χ2n) is 7.71. The van der Waals surface area contributed by atoms with Crippen molar-refractivity contribution in [3.8, 4) is 0 Å². The lowest BCUT2D eigenvalue weighted by Crippen LogP contribution is -2.19. The molecule has 31 heavy (non-hydrogen) atoms. The lowest BCUT2D eigenvalue weighted by molar-refractivity contribution is 0.181. The van der Waals surface area contributed by atoms with E-state index in [9.17, 15) is 5.11 Å². The van der Waals surface area contributed by atoms with E-state index in [0.29, 0.717) is 12.3 Å². The monoisotopic (exact) mass is 428 g/mol. The van der Waals surface area contributed by atoms with Gasteiger partial charge in [-0.1, -0.05) is 78.5 Å². The third kappa shape index (κ3) is 3.96. The summed E-state index contributed by atoms with van der Waals surface area (Å²) < 4.78 is 4.32. The number of nitrogens with zero attached hydrogens (tertiary/aromatic N) is 4. The van der Waals surface area contributed by atoms with Crippen LogP contribution in [-0.4, -0.2) is 36.3 Å². The van der Waals surface area contributed by atoms with Gasteiger partial charge in [0, 0.05) is 27.6 Å². The Bertz CT molecular complexity index is 1270. The molecule has 0 aliphatic rings. The molecule has 0 aliphatic carbocycles. The Kier molecular flexibility index (Phi) is 5.49. The fraction of sp³-hybridized carbons (Fsp3) is 0.200. The molecule has 0 amide bonds. The van der Waals surface area contributed by atoms with Crippen LogP contribution in [0.5, 0.6) is 0 Å². The fourth-order valence-electron chi connectivity index (χ4n) is 4.05. The van der Waals surface area contributed by atoms with E-state index in [1.165, 1.54) is 16.3 Å². The van der Waals surface area contributed by atoms with Gasteiger partial charge in [0.25, 0.3) is 0 Å². The van der Waals surface area contributed by atoms with Crippen molar-refractivity contribution in [3.63, 3.8) is 0 Å². The minimum Gasteiger partial charge on any atom is -0.390 e. The number of hydrogen-bond donors (Lipinski definition) is 1. The molecule has 0 bridgehead atoms. The van der Waals surface area contributed by atoms with Crippen LogP contribution in [0.3, 0.4) is 0 Å². The maximum atomic E-state index is 10.9. The number of fused-ring (bicyclic) bond motifs is 3. The first-order valence-electron chi connectivity index (χ1n) is 10.4. The van der Waals surface area contributed by atoms with Gasteiger partial charge in [0.1, 0.15) is 5.82 Å². The predicted octanol–water partition coefficient (Wildman–Crippen LogP) is 4.90. The lowest BCUT2D eigenvalue weighted by Gasteiger charge is -2.14. The van der Waals surface area contributed by atoms with Gasteiger partial charge in [0.05, 0.1) is 19.2 Å². The van der Waals surface area contributed by atoms with Gasteiger partial charge in [-0.05, 0) is 24.6 Å². The van der Waals surface area contributed by atoms with Gasteiger partial charge in [-0.15, -0.1) is 10.2 Å². The van der Waals surface area contributed by atoms with Crippen molar-refractivity contribution in [2.45, 2.75) is 31.3 Å². The van der Waals surface area contributed by atoms with E-state index in [0.717, 1.165) is 28.6 Å². The van der Waals surface area contributed by atoms with Crippen LogP contribution < -0.4 is 0 Å². The first-order valence-corrected chi connectivity index (χ1v) is 11.4. The molecule has 0 saturated heterocycles. The zero-order valence-corrected chi connectivity index (χ0v) is 18.2. The summed E-state index contributed by atoms with van der Waals surface area (Å²) in [5.74, 6) is 1.43. The van der Waals surface area contributed by atoms with Crippen molar-refractivity contribution in [2.24, 2.45) is 0 Å². The number of aliphatic hydroxyl groups excluding tert-OH is 1. The van der Waals surface area contributed by atoms with Crippen molar-refractivity contribution in [1.29, 1.82) is 0 Å². The molecule has 156 valence electrons. The largest absolute Gasteiger partial charge is 0.390 e. The lowest BCUT2D eigenvalue weighted by atomic mass is 10.2. The second kappa shape index (κ2) is 8.57. The molecule has 0 unspecified atom stereocenters. The number of hydrogen-bond acceptors (Lipinski definition) is 4. The fourth-order valence-corrected chi connectivity index (χ4v) is 4.95. The topological polar surface area (TPSA) is 55.9 Å². The molecule has 3 aromatic carbocycles. The third-order valence-electron chi connectivity index (χ3n) is 5.56. The molecule has 6 heteroatoms. The number of rotatable bonds is 7. The molecule has 0 saturated carbocycles. The summed E-state index contributed by atoms with van der Waals surface area (Å²) >= 11 is 1.55. The molecule has 1 atom stereocenters. The average molecular weight is 429 g/mol. The maximum Gasteiger partial charge on any atom is 0.191 e. The van der Waals surface area contributed by atoms with E-state index < -0.39 is 6.10 Å². The van der Waals surface area contributed by atoms with Crippen LogP contribution in [0.15, 0.2) is 84.0 Å². The minimum absolute atomic E-state index is 0.508. The van der Waals surface area contributed by atoms with Crippen LogP contribution in [0, 0.1) is 6.92 Å². The van der Waals surface area contributed by atoms with Gasteiger partial charge in [0.2, 0.25) is 0 Å². The summed E-state index contributed by atoms with van der Waals surface area (Å²) in [6.45, 7) is 3.23. The standard InChI is InChI=1S/C25H24N4OS/c1-18-26-27-25(28(18)15-19-9-3-2-4-10-19)31-17-20(30)16-29-23-13-7-5-11-21(23)22-12-6-8-14-24(22)29/h2-14,20,30H,15-17H2,1H3/t20-/m0/s1. The van der Waals surface area contributed by atoms with Crippen LogP contribution in [0.25, 0.3) is 21.8 Å². The molecule has 5 rings (SSSR count). The van der Waals surface area contributed by atoms with Gasteiger partial charge in [-0.25, -0.2) is 0 Å². The number of benzene rings is 3. The Morgan fingerprint density at radius 1 is 0.806 bits per heavy atom. The molecule has 5 aromatic rings. The van der Waals surface area contributed by atoms with Gasteiger partial charge in [0.15, 0.2) is 5.16 Å². The van der Waals surface area contributed by atoms with Crippen LogP contribution in [0.4, 0.5) is 0 Å². The van der Waals surface area contributed by atoms with Crippen molar-refractivity contribution in [1.82, 2.24) is 19.3 Å². The highest BCUT2D eigenvalue weighted by Crippen LogP contribution is 2.29. The summed E-state index contributed by atoms with van der Waals surface area (Å²) in [4.78, 5) is 0. The highest BCUT2D eigenvalue weighted by atomic mass is 32.2. The van der Waals surface area contributed by atoms with Crippen LogP contribution in [-0.2, 0) is 13.1 Å². The third-order valence-corrected chi connectivity index (χ3v) is 6.67. The Hall–Kier alpha value is -3.09. The first-order chi connectivity index (χ1) is 15.2. The predicted molar refractivity (Wildman–Crippen MR) is 126 cm³/mol. The van der Waals surface area contributed by atoms with E-state index in [2.05, 4.69) is 67.9 Å². The second-order valence-corrected chi connectivity index (χ2v) is 8.70. The molecule has 5 nitrogen and oxygen atoms in total. The van der Waals surface area contributed by atoms with Crippen molar-refractivity contribution >= 4 is 33.6 Å². The molecule has 1 N–H and O–H groups in total. The van der Waals surface area contributed by atoms with Gasteiger partial charge in [-0.3, -0.25) is 0 Å². The number of aliphatic hydroxyl groups is 1. The summed E-state index contributed by atoms with van der Waals surface area (Å²) in [5, 5.41) is 22.8. The quantitative estimate of drug-likeness (QED) is 0.375. The molecular formula is C25H24N4OS. The molecule has 2 aromatic heterocycles. The molecule has 0 radical (unpaired) electrons. The van der Waals surface area contributed by atoms with Gasteiger partial charge in [-0.2, -0.15) is 0 Å². The number of para-hydroxylation sites is 2. The Balaban J connectivity index is 1.34. The summed E-state index contributed by atoms with van der Waals surface area (Å²) in [7, 11) is 0. The SMILES string of the molecule is Cc1nnc(SC[C@@H](O)Cn2c3ccccc3c3ccccc32)n1Cc1ccccc1. The molecule has 0 spiro atoms. The molecular weight excluding hydrogens is 404 g/mol. The van der Waals surface area contributed by atoms with E-state index in [-0.39, 0.29) is 0 Å². The Morgan fingerprint density at radius 3 is 2.10 bits per heavy atom. The molecule has 0 fully saturated rings. The van der Waals surface area contributed by atoms with Crippen LogP contribution in [0.1, 0.15) is 11.4 Å². The van der Waals surface area contributed by atoms with Crippen LogP contribution in [0.2, 0.25) is 0 Å². The minimum atomic E-state index is -0.508.